The summed E-state index contributed by atoms with van der Waals surface area (Å²) in [7, 11) is 1.86. The van der Waals surface area contributed by atoms with Crippen LogP contribution in [0.15, 0.2) is 0 Å². The Labute approximate surface area is 138 Å². The Hall–Kier alpha value is -0.460. The summed E-state index contributed by atoms with van der Waals surface area (Å²) in [5, 5.41) is 5.99. The van der Waals surface area contributed by atoms with E-state index < -0.39 is 0 Å². The van der Waals surface area contributed by atoms with Gasteiger partial charge < -0.3 is 15.5 Å². The van der Waals surface area contributed by atoms with E-state index in [1.807, 2.05) is 34.7 Å². The van der Waals surface area contributed by atoms with Gasteiger partial charge in [0.05, 0.1) is 5.88 Å². The lowest BCUT2D eigenvalue weighted by atomic mass is 9.91. The van der Waals surface area contributed by atoms with Crippen molar-refractivity contribution in [3.63, 3.8) is 0 Å². The van der Waals surface area contributed by atoms with Gasteiger partial charge in [-0.05, 0) is 19.4 Å². The molecule has 1 saturated heterocycles. The smallest absolute Gasteiger partial charge is 0.243 e. The lowest BCUT2D eigenvalue weighted by Gasteiger charge is -2.27. The van der Waals surface area contributed by atoms with Crippen molar-refractivity contribution in [2.45, 2.75) is 46.2 Å². The van der Waals surface area contributed by atoms with Gasteiger partial charge in [-0.1, -0.05) is 20.8 Å². The highest BCUT2D eigenvalue weighted by Crippen LogP contribution is 2.26. The lowest BCUT2D eigenvalue weighted by molar-refractivity contribution is -0.139. The Morgan fingerprint density at radius 1 is 1.38 bits per heavy atom. The van der Waals surface area contributed by atoms with E-state index in [2.05, 4.69) is 10.6 Å². The van der Waals surface area contributed by atoms with Gasteiger partial charge in [0.25, 0.3) is 0 Å². The molecular formula is C14H28ClN3O2S. The molecule has 2 N–H and O–H groups in total. The zero-order chi connectivity index (χ0) is 15.3. The lowest BCUT2D eigenvalue weighted by Crippen LogP contribution is -2.50. The molecule has 0 bridgehead atoms. The molecule has 1 aliphatic rings. The van der Waals surface area contributed by atoms with Gasteiger partial charge in [0.15, 0.2) is 0 Å². The molecule has 0 saturated carbocycles. The van der Waals surface area contributed by atoms with Gasteiger partial charge in [0, 0.05) is 24.8 Å². The summed E-state index contributed by atoms with van der Waals surface area (Å²) in [6, 6.07) is -0.0920. The highest BCUT2D eigenvalue weighted by atomic mass is 35.5. The maximum Gasteiger partial charge on any atom is 0.243 e. The number of nitrogens with one attached hydrogen (secondary N) is 2. The van der Waals surface area contributed by atoms with E-state index in [0.717, 1.165) is 0 Å². The van der Waals surface area contributed by atoms with E-state index in [-0.39, 0.29) is 41.7 Å². The van der Waals surface area contributed by atoms with E-state index in [0.29, 0.717) is 24.6 Å². The molecule has 2 unspecified atom stereocenters. The van der Waals surface area contributed by atoms with Crippen LogP contribution in [0.5, 0.6) is 0 Å². The van der Waals surface area contributed by atoms with Crippen LogP contribution in [0.2, 0.25) is 0 Å². The Morgan fingerprint density at radius 3 is 2.52 bits per heavy atom. The second-order valence-corrected chi connectivity index (χ2v) is 7.55. The molecule has 1 rings (SSSR count). The Balaban J connectivity index is 0.00000400. The second-order valence-electron chi connectivity index (χ2n) is 6.55. The number of rotatable bonds is 5. The number of hydrogen-bond acceptors (Lipinski definition) is 4. The molecule has 0 aliphatic carbocycles. The molecule has 2 amide bonds. The van der Waals surface area contributed by atoms with Crippen LogP contribution < -0.4 is 10.6 Å². The van der Waals surface area contributed by atoms with Crippen molar-refractivity contribution in [3.8, 4) is 0 Å². The van der Waals surface area contributed by atoms with E-state index in [1.165, 1.54) is 0 Å². The summed E-state index contributed by atoms with van der Waals surface area (Å²) < 4.78 is 0. The Morgan fingerprint density at radius 2 is 2.00 bits per heavy atom. The zero-order valence-electron chi connectivity index (χ0n) is 13.6. The largest absolute Gasteiger partial charge is 0.353 e. The fourth-order valence-electron chi connectivity index (χ4n) is 1.93. The topological polar surface area (TPSA) is 61.4 Å². The molecule has 2 atom stereocenters. The summed E-state index contributed by atoms with van der Waals surface area (Å²) in [5.74, 6) is 1.34. The predicted octanol–water partition coefficient (Wildman–Crippen LogP) is 1.47. The number of likely N-dealkylation sites (N-methyl/N-ethyl adjacent to an activating group) is 1. The SMILES string of the molecule is CNC(C)CNC(=O)C1CSCN1C(=O)CC(C)(C)C.Cl. The van der Waals surface area contributed by atoms with Crippen molar-refractivity contribution >= 4 is 36.0 Å². The predicted molar refractivity (Wildman–Crippen MR) is 90.8 cm³/mol. The van der Waals surface area contributed by atoms with Gasteiger partial charge in [-0.2, -0.15) is 0 Å². The first-order valence-electron chi connectivity index (χ1n) is 7.07. The minimum absolute atomic E-state index is 0. The summed E-state index contributed by atoms with van der Waals surface area (Å²) in [6.45, 7) is 8.71. The molecule has 124 valence electrons. The van der Waals surface area contributed by atoms with E-state index in [9.17, 15) is 9.59 Å². The second kappa shape index (κ2) is 8.86. The van der Waals surface area contributed by atoms with E-state index in [4.69, 9.17) is 0 Å². The van der Waals surface area contributed by atoms with Crippen LogP contribution in [0.3, 0.4) is 0 Å². The molecule has 0 aromatic rings. The van der Waals surface area contributed by atoms with Crippen LogP contribution in [0, 0.1) is 5.41 Å². The number of carbonyl (C=O) groups is 2. The minimum atomic E-state index is -0.320. The van der Waals surface area contributed by atoms with Crippen molar-refractivity contribution < 1.29 is 9.59 Å². The molecular weight excluding hydrogens is 310 g/mol. The van der Waals surface area contributed by atoms with Crippen LogP contribution in [-0.4, -0.2) is 54.0 Å². The normalized spacial score (nSPS) is 19.9. The Bertz CT molecular complexity index is 361. The quantitative estimate of drug-likeness (QED) is 0.797. The van der Waals surface area contributed by atoms with Crippen LogP contribution in [0.1, 0.15) is 34.1 Å². The summed E-state index contributed by atoms with van der Waals surface area (Å²) in [6.07, 6.45) is 0.476. The summed E-state index contributed by atoms with van der Waals surface area (Å²) in [4.78, 5) is 26.2. The summed E-state index contributed by atoms with van der Waals surface area (Å²) >= 11 is 1.64. The minimum Gasteiger partial charge on any atom is -0.353 e. The van der Waals surface area contributed by atoms with E-state index in [1.54, 1.807) is 16.7 Å². The fourth-order valence-corrected chi connectivity index (χ4v) is 3.12. The van der Waals surface area contributed by atoms with Gasteiger partial charge in [-0.15, -0.1) is 24.2 Å². The molecule has 0 radical (unpaired) electrons. The molecule has 5 nitrogen and oxygen atoms in total. The first-order valence-corrected chi connectivity index (χ1v) is 8.22. The van der Waals surface area contributed by atoms with Crippen LogP contribution in [0.25, 0.3) is 0 Å². The molecule has 1 fully saturated rings. The van der Waals surface area contributed by atoms with Gasteiger partial charge in [-0.3, -0.25) is 9.59 Å². The van der Waals surface area contributed by atoms with Gasteiger partial charge in [0.2, 0.25) is 11.8 Å². The average Bonchev–Trinajstić information content (AvgIpc) is 2.82. The third kappa shape index (κ3) is 6.89. The van der Waals surface area contributed by atoms with Crippen molar-refractivity contribution in [2.75, 3.05) is 25.2 Å². The van der Waals surface area contributed by atoms with Gasteiger partial charge >= 0.3 is 0 Å². The highest BCUT2D eigenvalue weighted by Gasteiger charge is 2.35. The van der Waals surface area contributed by atoms with Crippen molar-refractivity contribution in [3.05, 3.63) is 0 Å². The first kappa shape index (κ1) is 20.5. The molecule has 1 aliphatic heterocycles. The molecule has 0 aromatic heterocycles. The number of thioether (sulfide) groups is 1. The zero-order valence-corrected chi connectivity index (χ0v) is 15.2. The van der Waals surface area contributed by atoms with Crippen LogP contribution in [0.4, 0.5) is 0 Å². The van der Waals surface area contributed by atoms with Crippen molar-refractivity contribution in [1.82, 2.24) is 15.5 Å². The number of amides is 2. The van der Waals surface area contributed by atoms with Gasteiger partial charge in [-0.25, -0.2) is 0 Å². The third-order valence-corrected chi connectivity index (χ3v) is 4.27. The first-order chi connectivity index (χ1) is 9.24. The average molecular weight is 338 g/mol. The van der Waals surface area contributed by atoms with Crippen molar-refractivity contribution in [2.24, 2.45) is 5.41 Å². The molecule has 1 heterocycles. The number of hydrogen-bond donors (Lipinski definition) is 2. The molecule has 21 heavy (non-hydrogen) atoms. The summed E-state index contributed by atoms with van der Waals surface area (Å²) in [5.41, 5.74) is -0.0496. The van der Waals surface area contributed by atoms with Crippen molar-refractivity contribution in [1.29, 1.82) is 0 Å². The van der Waals surface area contributed by atoms with Crippen LogP contribution >= 0.6 is 24.2 Å². The maximum absolute atomic E-state index is 12.3. The maximum atomic E-state index is 12.3. The number of nitrogens with zero attached hydrogens (tertiary/aromatic N) is 1. The molecule has 0 spiro atoms. The standard InChI is InChI=1S/C14H27N3O2S.ClH/c1-10(15-5)7-16-13(19)11-8-20-9-17(11)12(18)6-14(2,3)4;/h10-11,15H,6-9H2,1-5H3,(H,16,19);1H. The highest BCUT2D eigenvalue weighted by molar-refractivity contribution is 7.99. The van der Waals surface area contributed by atoms with Crippen LogP contribution in [-0.2, 0) is 9.59 Å². The Kier molecular flexibility index (Phi) is 8.66. The molecule has 0 aromatic carbocycles. The fraction of sp³-hybridized carbons (Fsp3) is 0.857. The third-order valence-electron chi connectivity index (χ3n) is 3.26. The van der Waals surface area contributed by atoms with Gasteiger partial charge in [0.1, 0.15) is 6.04 Å². The number of halogens is 1. The number of carbonyl (C=O) groups excluding carboxylic acids is 2. The van der Waals surface area contributed by atoms with E-state index >= 15 is 0 Å². The molecule has 7 heteroatoms. The monoisotopic (exact) mass is 337 g/mol.